The summed E-state index contributed by atoms with van der Waals surface area (Å²) in [5.41, 5.74) is 2.20. The van der Waals surface area contributed by atoms with E-state index >= 15 is 0 Å². The number of alkyl halides is 1. The normalized spacial score (nSPS) is 25.6. The number of non-ortho nitro benzene ring substituents is 1. The highest BCUT2D eigenvalue weighted by molar-refractivity contribution is 9.08. The monoisotopic (exact) mass is 326 g/mol. The maximum Gasteiger partial charge on any atom is 0.269 e. The average Bonchev–Trinajstić information content (AvgIpc) is 2.76. The second-order valence-electron chi connectivity index (χ2n) is 5.07. The summed E-state index contributed by atoms with van der Waals surface area (Å²) >= 11 is 3.42. The standard InChI is InChI=1S/C13H15BrN2O3/c14-6-9-5-10(16(17)18)1-4-13(9)15-7-11-2-3-12(8-15)19-11/h1,4-5,11-12H,2-3,6-8H2. The molecule has 2 aliphatic rings. The predicted molar refractivity (Wildman–Crippen MR) is 75.8 cm³/mol. The number of nitro groups is 1. The minimum Gasteiger partial charge on any atom is -0.371 e. The largest absolute Gasteiger partial charge is 0.371 e. The molecule has 2 saturated heterocycles. The highest BCUT2D eigenvalue weighted by Crippen LogP contribution is 2.33. The van der Waals surface area contributed by atoms with Crippen molar-refractivity contribution in [1.29, 1.82) is 0 Å². The van der Waals surface area contributed by atoms with Crippen LogP contribution in [0.2, 0.25) is 0 Å². The van der Waals surface area contributed by atoms with Crippen molar-refractivity contribution in [2.45, 2.75) is 30.4 Å². The molecule has 0 amide bonds. The maximum absolute atomic E-state index is 10.8. The summed E-state index contributed by atoms with van der Waals surface area (Å²) in [5, 5.41) is 11.4. The van der Waals surface area contributed by atoms with Crippen LogP contribution in [0.25, 0.3) is 0 Å². The highest BCUT2D eigenvalue weighted by Gasteiger charge is 2.34. The Morgan fingerprint density at radius 3 is 2.63 bits per heavy atom. The van der Waals surface area contributed by atoms with Crippen molar-refractivity contribution < 1.29 is 9.66 Å². The summed E-state index contributed by atoms with van der Waals surface area (Å²) in [6.07, 6.45) is 2.88. The molecular formula is C13H15BrN2O3. The first-order chi connectivity index (χ1) is 9.17. The first-order valence-electron chi connectivity index (χ1n) is 6.41. The van der Waals surface area contributed by atoms with Crippen LogP contribution >= 0.6 is 15.9 Å². The number of halogens is 1. The highest BCUT2D eigenvalue weighted by atomic mass is 79.9. The topological polar surface area (TPSA) is 55.6 Å². The fraction of sp³-hybridized carbons (Fsp3) is 0.538. The van der Waals surface area contributed by atoms with E-state index < -0.39 is 0 Å². The molecule has 2 fully saturated rings. The molecule has 102 valence electrons. The van der Waals surface area contributed by atoms with E-state index in [0.717, 1.165) is 37.2 Å². The van der Waals surface area contributed by atoms with Crippen LogP contribution in [-0.4, -0.2) is 30.2 Å². The summed E-state index contributed by atoms with van der Waals surface area (Å²) in [6, 6.07) is 5.10. The Bertz CT molecular complexity index is 497. The van der Waals surface area contributed by atoms with Crippen LogP contribution in [0, 0.1) is 10.1 Å². The van der Waals surface area contributed by atoms with Gasteiger partial charge < -0.3 is 9.64 Å². The van der Waals surface area contributed by atoms with Crippen LogP contribution < -0.4 is 4.90 Å². The molecule has 0 N–H and O–H groups in total. The Balaban J connectivity index is 1.89. The molecule has 6 heteroatoms. The number of anilines is 1. The molecule has 19 heavy (non-hydrogen) atoms. The maximum atomic E-state index is 10.8. The van der Waals surface area contributed by atoms with Gasteiger partial charge >= 0.3 is 0 Å². The van der Waals surface area contributed by atoms with Crippen molar-refractivity contribution in [2.24, 2.45) is 0 Å². The molecule has 2 aliphatic heterocycles. The number of fused-ring (bicyclic) bond motifs is 2. The molecule has 0 aliphatic carbocycles. The van der Waals surface area contributed by atoms with Crippen molar-refractivity contribution in [3.8, 4) is 0 Å². The van der Waals surface area contributed by atoms with Gasteiger partial charge in [0.05, 0.1) is 17.1 Å². The second-order valence-corrected chi connectivity index (χ2v) is 5.63. The van der Waals surface area contributed by atoms with E-state index in [9.17, 15) is 10.1 Å². The van der Waals surface area contributed by atoms with E-state index in [1.807, 2.05) is 6.07 Å². The molecule has 1 aromatic rings. The van der Waals surface area contributed by atoms with Gasteiger partial charge in [0, 0.05) is 36.2 Å². The SMILES string of the molecule is O=[N+]([O-])c1ccc(N2CC3CCC(C2)O3)c(CBr)c1. The van der Waals surface area contributed by atoms with E-state index in [4.69, 9.17) is 4.74 Å². The first-order valence-corrected chi connectivity index (χ1v) is 7.53. The lowest BCUT2D eigenvalue weighted by Crippen LogP contribution is -2.43. The van der Waals surface area contributed by atoms with Crippen molar-refractivity contribution in [3.05, 3.63) is 33.9 Å². The third-order valence-electron chi connectivity index (χ3n) is 3.80. The number of morpholine rings is 1. The van der Waals surface area contributed by atoms with Crippen molar-refractivity contribution in [1.82, 2.24) is 0 Å². The molecule has 2 heterocycles. The van der Waals surface area contributed by atoms with Gasteiger partial charge in [-0.05, 0) is 24.5 Å². The number of ether oxygens (including phenoxy) is 1. The zero-order valence-corrected chi connectivity index (χ0v) is 12.0. The molecule has 2 bridgehead atoms. The molecule has 2 unspecified atom stereocenters. The van der Waals surface area contributed by atoms with Gasteiger partial charge in [0.1, 0.15) is 0 Å². The smallest absolute Gasteiger partial charge is 0.269 e. The Kier molecular flexibility index (Phi) is 3.45. The number of rotatable bonds is 3. The number of hydrogen-bond donors (Lipinski definition) is 0. The summed E-state index contributed by atoms with van der Waals surface area (Å²) in [5.74, 6) is 0. The molecule has 0 saturated carbocycles. The van der Waals surface area contributed by atoms with Gasteiger partial charge in [-0.15, -0.1) is 0 Å². The zero-order chi connectivity index (χ0) is 13.4. The van der Waals surface area contributed by atoms with Crippen LogP contribution in [0.1, 0.15) is 18.4 Å². The summed E-state index contributed by atoms with van der Waals surface area (Å²) in [7, 11) is 0. The Morgan fingerprint density at radius 2 is 2.05 bits per heavy atom. The minimum atomic E-state index is -0.348. The van der Waals surface area contributed by atoms with Crippen LogP contribution in [0.15, 0.2) is 18.2 Å². The Hall–Kier alpha value is -1.14. The molecule has 3 rings (SSSR count). The van der Waals surface area contributed by atoms with E-state index in [1.165, 1.54) is 0 Å². The molecule has 0 aromatic heterocycles. The molecule has 2 atom stereocenters. The molecule has 0 radical (unpaired) electrons. The summed E-state index contributed by atoms with van der Waals surface area (Å²) in [4.78, 5) is 12.8. The van der Waals surface area contributed by atoms with Crippen molar-refractivity contribution in [2.75, 3.05) is 18.0 Å². The number of hydrogen-bond acceptors (Lipinski definition) is 4. The molecule has 5 nitrogen and oxygen atoms in total. The quantitative estimate of drug-likeness (QED) is 0.487. The van der Waals surface area contributed by atoms with E-state index in [1.54, 1.807) is 12.1 Å². The van der Waals surface area contributed by atoms with Crippen LogP contribution in [0.4, 0.5) is 11.4 Å². The lowest BCUT2D eigenvalue weighted by Gasteiger charge is -2.34. The minimum absolute atomic E-state index is 0.148. The number of nitro benzene ring substituents is 1. The average molecular weight is 327 g/mol. The van der Waals surface area contributed by atoms with Gasteiger partial charge in [-0.1, -0.05) is 15.9 Å². The van der Waals surface area contributed by atoms with E-state index in [2.05, 4.69) is 20.8 Å². The fourth-order valence-electron chi connectivity index (χ4n) is 2.91. The van der Waals surface area contributed by atoms with Gasteiger partial charge in [0.15, 0.2) is 0 Å². The first kappa shape index (κ1) is 12.9. The lowest BCUT2D eigenvalue weighted by molar-refractivity contribution is -0.384. The third kappa shape index (κ3) is 2.47. The van der Waals surface area contributed by atoms with Gasteiger partial charge in [0.25, 0.3) is 5.69 Å². The number of nitrogens with zero attached hydrogens (tertiary/aromatic N) is 2. The summed E-state index contributed by atoms with van der Waals surface area (Å²) in [6.45, 7) is 1.77. The molecule has 1 aromatic carbocycles. The predicted octanol–water partition coefficient (Wildman–Crippen LogP) is 2.86. The van der Waals surface area contributed by atoms with Crippen molar-refractivity contribution in [3.63, 3.8) is 0 Å². The lowest BCUT2D eigenvalue weighted by atomic mass is 10.1. The second kappa shape index (κ2) is 5.09. The molecular weight excluding hydrogens is 312 g/mol. The van der Waals surface area contributed by atoms with E-state index in [0.29, 0.717) is 17.5 Å². The van der Waals surface area contributed by atoms with Crippen LogP contribution in [0.3, 0.4) is 0 Å². The fourth-order valence-corrected chi connectivity index (χ4v) is 3.36. The third-order valence-corrected chi connectivity index (χ3v) is 4.41. The van der Waals surface area contributed by atoms with Gasteiger partial charge in [-0.25, -0.2) is 0 Å². The van der Waals surface area contributed by atoms with Crippen LogP contribution in [0.5, 0.6) is 0 Å². The van der Waals surface area contributed by atoms with Crippen molar-refractivity contribution >= 4 is 27.3 Å². The molecule has 0 spiro atoms. The van der Waals surface area contributed by atoms with Crippen LogP contribution in [-0.2, 0) is 10.1 Å². The van der Waals surface area contributed by atoms with Gasteiger partial charge in [-0.3, -0.25) is 10.1 Å². The zero-order valence-electron chi connectivity index (χ0n) is 10.4. The Morgan fingerprint density at radius 1 is 1.37 bits per heavy atom. The Labute approximate surface area is 119 Å². The van der Waals surface area contributed by atoms with Gasteiger partial charge in [-0.2, -0.15) is 0 Å². The van der Waals surface area contributed by atoms with E-state index in [-0.39, 0.29) is 10.6 Å². The summed E-state index contributed by atoms with van der Waals surface area (Å²) < 4.78 is 5.82. The number of benzene rings is 1. The van der Waals surface area contributed by atoms with Gasteiger partial charge in [0.2, 0.25) is 0 Å².